The van der Waals surface area contributed by atoms with Gasteiger partial charge in [-0.25, -0.2) is 0 Å². The van der Waals surface area contributed by atoms with Crippen LogP contribution < -0.4 is 10.1 Å². The number of carbonyl (C=O) groups is 1. The van der Waals surface area contributed by atoms with Crippen LogP contribution in [0.4, 0.5) is 0 Å². The van der Waals surface area contributed by atoms with Crippen molar-refractivity contribution >= 4 is 5.91 Å². The minimum absolute atomic E-state index is 0.0263. The highest BCUT2D eigenvalue weighted by molar-refractivity contribution is 5.94. The molecule has 21 heavy (non-hydrogen) atoms. The van der Waals surface area contributed by atoms with Crippen molar-refractivity contribution in [3.8, 4) is 5.75 Å². The smallest absolute Gasteiger partial charge is 0.251 e. The van der Waals surface area contributed by atoms with E-state index >= 15 is 0 Å². The van der Waals surface area contributed by atoms with E-state index in [-0.39, 0.29) is 18.1 Å². The molecule has 0 aliphatic carbocycles. The van der Waals surface area contributed by atoms with Crippen molar-refractivity contribution in [2.24, 2.45) is 0 Å². The number of amides is 1. The van der Waals surface area contributed by atoms with Gasteiger partial charge in [0.05, 0.1) is 6.10 Å². The van der Waals surface area contributed by atoms with Crippen LogP contribution in [0.3, 0.4) is 0 Å². The van der Waals surface area contributed by atoms with Crippen molar-refractivity contribution in [3.05, 3.63) is 29.8 Å². The summed E-state index contributed by atoms with van der Waals surface area (Å²) in [7, 11) is 0. The van der Waals surface area contributed by atoms with Gasteiger partial charge in [-0.15, -0.1) is 0 Å². The maximum Gasteiger partial charge on any atom is 0.251 e. The molecule has 4 nitrogen and oxygen atoms in total. The first-order valence-electron chi connectivity index (χ1n) is 7.84. The van der Waals surface area contributed by atoms with Gasteiger partial charge in [0.2, 0.25) is 0 Å². The Hall–Kier alpha value is -1.55. The molecule has 1 heterocycles. The molecule has 2 rings (SSSR count). The maximum atomic E-state index is 12.0. The lowest BCUT2D eigenvalue weighted by Gasteiger charge is -2.14. The number of rotatable bonds is 7. The second-order valence-electron chi connectivity index (χ2n) is 5.63. The summed E-state index contributed by atoms with van der Waals surface area (Å²) in [6.07, 6.45) is 4.45. The maximum absolute atomic E-state index is 12.0. The monoisotopic (exact) mass is 291 g/mol. The largest absolute Gasteiger partial charge is 0.491 e. The highest BCUT2D eigenvalue weighted by Crippen LogP contribution is 2.16. The molecular formula is C17H25NO3. The fourth-order valence-electron chi connectivity index (χ4n) is 2.48. The van der Waals surface area contributed by atoms with Gasteiger partial charge in [0.25, 0.3) is 5.91 Å². The Balaban J connectivity index is 1.81. The molecule has 0 bridgehead atoms. The molecule has 0 spiro atoms. The quantitative estimate of drug-likeness (QED) is 0.839. The number of carbonyl (C=O) groups excluding carboxylic acids is 1. The lowest BCUT2D eigenvalue weighted by atomic mass is 10.1. The van der Waals surface area contributed by atoms with E-state index in [0.29, 0.717) is 12.2 Å². The summed E-state index contributed by atoms with van der Waals surface area (Å²) in [4.78, 5) is 12.0. The molecule has 4 heteroatoms. The summed E-state index contributed by atoms with van der Waals surface area (Å²) < 4.78 is 11.2. The molecule has 0 saturated carbocycles. The van der Waals surface area contributed by atoms with Gasteiger partial charge < -0.3 is 14.8 Å². The minimum atomic E-state index is -0.0263. The molecule has 0 unspecified atom stereocenters. The van der Waals surface area contributed by atoms with Gasteiger partial charge in [-0.3, -0.25) is 4.79 Å². The van der Waals surface area contributed by atoms with E-state index in [2.05, 4.69) is 12.2 Å². The van der Waals surface area contributed by atoms with Gasteiger partial charge in [0.15, 0.2) is 0 Å². The molecule has 1 saturated heterocycles. The first-order valence-corrected chi connectivity index (χ1v) is 7.84. The molecule has 0 radical (unpaired) electrons. The van der Waals surface area contributed by atoms with Crippen molar-refractivity contribution in [2.75, 3.05) is 13.2 Å². The third kappa shape index (κ3) is 5.05. The van der Waals surface area contributed by atoms with Gasteiger partial charge in [-0.2, -0.15) is 0 Å². The van der Waals surface area contributed by atoms with E-state index in [1.54, 1.807) is 12.1 Å². The first kappa shape index (κ1) is 15.8. The Morgan fingerprint density at radius 1 is 1.43 bits per heavy atom. The Kier molecular flexibility index (Phi) is 6.05. The van der Waals surface area contributed by atoms with Crippen LogP contribution in [0.5, 0.6) is 5.75 Å². The molecule has 116 valence electrons. The highest BCUT2D eigenvalue weighted by atomic mass is 16.5. The third-order valence-electron chi connectivity index (χ3n) is 3.68. The fraction of sp³-hybridized carbons (Fsp3) is 0.588. The third-order valence-corrected chi connectivity index (χ3v) is 3.68. The lowest BCUT2D eigenvalue weighted by Crippen LogP contribution is -2.32. The van der Waals surface area contributed by atoms with E-state index in [0.717, 1.165) is 38.0 Å². The van der Waals surface area contributed by atoms with Crippen molar-refractivity contribution in [1.29, 1.82) is 0 Å². The average molecular weight is 291 g/mol. The highest BCUT2D eigenvalue weighted by Gasteiger charge is 2.16. The summed E-state index contributed by atoms with van der Waals surface area (Å²) in [5.41, 5.74) is 0.669. The number of benzene rings is 1. The number of ether oxygens (including phenoxy) is 2. The predicted octanol–water partition coefficient (Wildman–Crippen LogP) is 3.16. The molecule has 1 amide bonds. The topological polar surface area (TPSA) is 47.6 Å². The van der Waals surface area contributed by atoms with Crippen molar-refractivity contribution in [1.82, 2.24) is 5.32 Å². The summed E-state index contributed by atoms with van der Waals surface area (Å²) >= 11 is 0. The van der Waals surface area contributed by atoms with Crippen LogP contribution in [0.2, 0.25) is 0 Å². The Labute approximate surface area is 126 Å². The number of hydrogen-bond acceptors (Lipinski definition) is 3. The van der Waals surface area contributed by atoms with Crippen LogP contribution >= 0.6 is 0 Å². The fourth-order valence-corrected chi connectivity index (χ4v) is 2.48. The SMILES string of the molecule is CCC[C@@H](C)NC(=O)c1ccc(OC[C@H]2CCCO2)cc1. The Bertz CT molecular complexity index is 438. The van der Waals surface area contributed by atoms with E-state index in [1.807, 2.05) is 19.1 Å². The predicted molar refractivity (Wildman–Crippen MR) is 82.7 cm³/mol. The van der Waals surface area contributed by atoms with Crippen LogP contribution in [0.15, 0.2) is 24.3 Å². The molecule has 1 aliphatic rings. The van der Waals surface area contributed by atoms with Crippen LogP contribution in [0, 0.1) is 0 Å². The van der Waals surface area contributed by atoms with Crippen LogP contribution in [-0.4, -0.2) is 31.3 Å². The molecule has 0 aromatic heterocycles. The number of hydrogen-bond donors (Lipinski definition) is 1. The van der Waals surface area contributed by atoms with Gasteiger partial charge in [-0.05, 0) is 50.5 Å². The minimum Gasteiger partial charge on any atom is -0.491 e. The molecular weight excluding hydrogens is 266 g/mol. The van der Waals surface area contributed by atoms with Crippen molar-refractivity contribution < 1.29 is 14.3 Å². The number of nitrogens with one attached hydrogen (secondary N) is 1. The van der Waals surface area contributed by atoms with Gasteiger partial charge >= 0.3 is 0 Å². The van der Waals surface area contributed by atoms with Gasteiger partial charge in [0, 0.05) is 18.2 Å². The van der Waals surface area contributed by atoms with Crippen LogP contribution in [-0.2, 0) is 4.74 Å². The van der Waals surface area contributed by atoms with E-state index in [4.69, 9.17) is 9.47 Å². The summed E-state index contributed by atoms with van der Waals surface area (Å²) in [6, 6.07) is 7.50. The summed E-state index contributed by atoms with van der Waals surface area (Å²) in [5.74, 6) is 0.755. The zero-order valence-corrected chi connectivity index (χ0v) is 12.9. The second kappa shape index (κ2) is 8.03. The first-order chi connectivity index (χ1) is 10.2. The van der Waals surface area contributed by atoms with Crippen molar-refractivity contribution in [2.45, 2.75) is 51.7 Å². The molecule has 1 N–H and O–H groups in total. The Morgan fingerprint density at radius 3 is 2.81 bits per heavy atom. The standard InChI is InChI=1S/C17H25NO3/c1-3-5-13(2)18-17(19)14-7-9-15(10-8-14)21-12-16-6-4-11-20-16/h7-10,13,16H,3-6,11-12H2,1-2H3,(H,18,19)/t13-,16-/m1/s1. The summed E-state index contributed by atoms with van der Waals surface area (Å²) in [5, 5.41) is 2.99. The van der Waals surface area contributed by atoms with Crippen LogP contribution in [0.25, 0.3) is 0 Å². The molecule has 1 fully saturated rings. The normalized spacial score (nSPS) is 19.2. The second-order valence-corrected chi connectivity index (χ2v) is 5.63. The average Bonchev–Trinajstić information content (AvgIpc) is 2.99. The molecule has 1 aromatic rings. The van der Waals surface area contributed by atoms with E-state index in [9.17, 15) is 4.79 Å². The Morgan fingerprint density at radius 2 is 2.19 bits per heavy atom. The van der Waals surface area contributed by atoms with Gasteiger partial charge in [0.1, 0.15) is 12.4 Å². The zero-order chi connectivity index (χ0) is 15.1. The molecule has 1 aliphatic heterocycles. The lowest BCUT2D eigenvalue weighted by molar-refractivity contribution is 0.0679. The van der Waals surface area contributed by atoms with Crippen molar-refractivity contribution in [3.63, 3.8) is 0 Å². The van der Waals surface area contributed by atoms with Gasteiger partial charge in [-0.1, -0.05) is 13.3 Å². The van der Waals surface area contributed by atoms with Crippen LogP contribution in [0.1, 0.15) is 49.9 Å². The summed E-state index contributed by atoms with van der Waals surface area (Å²) in [6.45, 7) is 5.56. The molecule has 1 aromatic carbocycles. The van der Waals surface area contributed by atoms with E-state index in [1.165, 1.54) is 0 Å². The zero-order valence-electron chi connectivity index (χ0n) is 12.9. The molecule has 2 atom stereocenters. The van der Waals surface area contributed by atoms with E-state index < -0.39 is 0 Å².